The largest absolute Gasteiger partial charge is 0.383 e. The predicted molar refractivity (Wildman–Crippen MR) is 64.2 cm³/mol. The summed E-state index contributed by atoms with van der Waals surface area (Å²) in [6.07, 6.45) is 1.34. The van der Waals surface area contributed by atoms with Gasteiger partial charge in [-0.3, -0.25) is 0 Å². The van der Waals surface area contributed by atoms with E-state index >= 15 is 0 Å². The molecule has 0 amide bonds. The van der Waals surface area contributed by atoms with E-state index in [0.29, 0.717) is 13.0 Å². The lowest BCUT2D eigenvalue weighted by molar-refractivity contribution is 0.129. The first-order chi connectivity index (χ1) is 7.50. The number of hydrogen-bond acceptors (Lipinski definition) is 2. The van der Waals surface area contributed by atoms with Gasteiger partial charge in [0.25, 0.3) is 0 Å². The van der Waals surface area contributed by atoms with Crippen molar-refractivity contribution >= 4 is 11.6 Å². The highest BCUT2D eigenvalue weighted by atomic mass is 35.5. The zero-order valence-electron chi connectivity index (χ0n) is 9.59. The number of nitrogens with two attached hydrogens (primary N) is 1. The van der Waals surface area contributed by atoms with Gasteiger partial charge in [0.05, 0.1) is 11.6 Å². The summed E-state index contributed by atoms with van der Waals surface area (Å²) in [6, 6.07) is 4.77. The molecule has 1 unspecified atom stereocenters. The Morgan fingerprint density at radius 1 is 1.50 bits per heavy atom. The van der Waals surface area contributed by atoms with Gasteiger partial charge in [-0.15, -0.1) is 0 Å². The summed E-state index contributed by atoms with van der Waals surface area (Å²) in [4.78, 5) is 0. The molecule has 0 heterocycles. The number of methoxy groups -OCH3 is 1. The van der Waals surface area contributed by atoms with Gasteiger partial charge in [-0.05, 0) is 30.5 Å². The van der Waals surface area contributed by atoms with Gasteiger partial charge >= 0.3 is 0 Å². The molecule has 0 radical (unpaired) electrons. The molecule has 0 saturated heterocycles. The molecule has 0 aromatic heterocycles. The van der Waals surface area contributed by atoms with Gasteiger partial charge in [0.2, 0.25) is 0 Å². The first kappa shape index (κ1) is 13.4. The van der Waals surface area contributed by atoms with Crippen molar-refractivity contribution in [3.8, 4) is 0 Å². The molecule has 2 nitrogen and oxygen atoms in total. The molecule has 0 aliphatic rings. The Morgan fingerprint density at radius 3 is 2.69 bits per heavy atom. The van der Waals surface area contributed by atoms with Crippen LogP contribution >= 0.6 is 11.6 Å². The van der Waals surface area contributed by atoms with Gasteiger partial charge in [0.1, 0.15) is 5.82 Å². The van der Waals surface area contributed by atoms with E-state index < -0.39 is 11.4 Å². The highest BCUT2D eigenvalue weighted by Crippen LogP contribution is 2.20. The minimum Gasteiger partial charge on any atom is -0.383 e. The van der Waals surface area contributed by atoms with E-state index in [1.165, 1.54) is 6.07 Å². The lowest BCUT2D eigenvalue weighted by Gasteiger charge is -2.27. The highest BCUT2D eigenvalue weighted by molar-refractivity contribution is 6.30. The van der Waals surface area contributed by atoms with Crippen LogP contribution in [0.15, 0.2) is 18.2 Å². The third kappa shape index (κ3) is 3.44. The van der Waals surface area contributed by atoms with Crippen LogP contribution in [-0.4, -0.2) is 19.3 Å². The molecule has 0 bridgehead atoms. The zero-order valence-corrected chi connectivity index (χ0v) is 10.4. The molecule has 2 N–H and O–H groups in total. The van der Waals surface area contributed by atoms with Gasteiger partial charge in [-0.25, -0.2) is 4.39 Å². The van der Waals surface area contributed by atoms with Gasteiger partial charge in [-0.1, -0.05) is 24.6 Å². The fourth-order valence-electron chi connectivity index (χ4n) is 1.62. The highest BCUT2D eigenvalue weighted by Gasteiger charge is 2.23. The molecule has 1 aromatic carbocycles. The third-order valence-corrected chi connectivity index (χ3v) is 2.98. The standard InChI is InChI=1S/C12H17ClFNO/c1-3-12(15,8-16-2)7-9-4-5-10(13)11(14)6-9/h4-6H,3,7-8,15H2,1-2H3. The molecule has 0 spiro atoms. The number of halogens is 2. The van der Waals surface area contributed by atoms with E-state index in [1.54, 1.807) is 19.2 Å². The molecule has 1 rings (SSSR count). The van der Waals surface area contributed by atoms with Crippen molar-refractivity contribution in [2.24, 2.45) is 5.73 Å². The smallest absolute Gasteiger partial charge is 0.142 e. The Labute approximate surface area is 101 Å². The number of hydrogen-bond donors (Lipinski definition) is 1. The molecule has 90 valence electrons. The lowest BCUT2D eigenvalue weighted by Crippen LogP contribution is -2.45. The van der Waals surface area contributed by atoms with Crippen LogP contribution in [0.4, 0.5) is 4.39 Å². The van der Waals surface area contributed by atoms with E-state index in [-0.39, 0.29) is 5.02 Å². The van der Waals surface area contributed by atoms with Crippen LogP contribution in [0.5, 0.6) is 0 Å². The molecule has 0 saturated carbocycles. The number of benzene rings is 1. The first-order valence-electron chi connectivity index (χ1n) is 5.22. The topological polar surface area (TPSA) is 35.2 Å². The van der Waals surface area contributed by atoms with Gasteiger partial charge in [-0.2, -0.15) is 0 Å². The Hall–Kier alpha value is -0.640. The van der Waals surface area contributed by atoms with E-state index in [2.05, 4.69) is 0 Å². The monoisotopic (exact) mass is 245 g/mol. The van der Waals surface area contributed by atoms with Crippen molar-refractivity contribution in [3.05, 3.63) is 34.6 Å². The second-order valence-corrected chi connectivity index (χ2v) is 4.48. The number of rotatable bonds is 5. The Kier molecular flexibility index (Phi) is 4.71. The maximum Gasteiger partial charge on any atom is 0.142 e. The molecule has 1 aromatic rings. The van der Waals surface area contributed by atoms with Crippen molar-refractivity contribution in [2.45, 2.75) is 25.3 Å². The Balaban J connectivity index is 2.81. The van der Waals surface area contributed by atoms with Crippen molar-refractivity contribution < 1.29 is 9.13 Å². The minimum atomic E-state index is -0.449. The van der Waals surface area contributed by atoms with Crippen molar-refractivity contribution in [1.82, 2.24) is 0 Å². The first-order valence-corrected chi connectivity index (χ1v) is 5.60. The molecule has 0 aliphatic heterocycles. The van der Waals surface area contributed by atoms with Crippen LogP contribution in [0.2, 0.25) is 5.02 Å². The van der Waals surface area contributed by atoms with Crippen LogP contribution < -0.4 is 5.73 Å². The maximum atomic E-state index is 13.2. The van der Waals surface area contributed by atoms with Crippen LogP contribution in [-0.2, 0) is 11.2 Å². The average Bonchev–Trinajstić information content (AvgIpc) is 2.24. The lowest BCUT2D eigenvalue weighted by atomic mass is 9.90. The van der Waals surface area contributed by atoms with Gasteiger partial charge in [0.15, 0.2) is 0 Å². The van der Waals surface area contributed by atoms with E-state index in [9.17, 15) is 4.39 Å². The summed E-state index contributed by atoms with van der Waals surface area (Å²) in [5.74, 6) is -0.407. The normalized spacial score (nSPS) is 14.8. The average molecular weight is 246 g/mol. The summed E-state index contributed by atoms with van der Waals surface area (Å²) < 4.78 is 18.3. The molecule has 4 heteroatoms. The van der Waals surface area contributed by atoms with Crippen molar-refractivity contribution in [1.29, 1.82) is 0 Å². The SMILES string of the molecule is CCC(N)(COC)Cc1ccc(Cl)c(F)c1. The summed E-state index contributed by atoms with van der Waals surface area (Å²) >= 11 is 5.62. The second-order valence-electron chi connectivity index (χ2n) is 4.07. The van der Waals surface area contributed by atoms with E-state index in [1.807, 2.05) is 6.92 Å². The van der Waals surface area contributed by atoms with E-state index in [0.717, 1.165) is 12.0 Å². The molecule has 0 fully saturated rings. The summed E-state index contributed by atoms with van der Waals surface area (Å²) in [5, 5.41) is 0.134. The van der Waals surface area contributed by atoms with Crippen LogP contribution in [0.1, 0.15) is 18.9 Å². The van der Waals surface area contributed by atoms with Crippen molar-refractivity contribution in [3.63, 3.8) is 0 Å². The quantitative estimate of drug-likeness (QED) is 0.866. The van der Waals surface area contributed by atoms with Crippen LogP contribution in [0.25, 0.3) is 0 Å². The van der Waals surface area contributed by atoms with Crippen LogP contribution in [0.3, 0.4) is 0 Å². The summed E-state index contributed by atoms with van der Waals surface area (Å²) in [5.41, 5.74) is 6.53. The summed E-state index contributed by atoms with van der Waals surface area (Å²) in [6.45, 7) is 2.44. The second kappa shape index (κ2) is 5.62. The predicted octanol–water partition coefficient (Wildman–Crippen LogP) is 2.78. The maximum absolute atomic E-state index is 13.2. The summed E-state index contributed by atoms with van der Waals surface area (Å²) in [7, 11) is 1.61. The van der Waals surface area contributed by atoms with Gasteiger partial charge in [0, 0.05) is 12.6 Å². The zero-order chi connectivity index (χ0) is 12.2. The molecule has 16 heavy (non-hydrogen) atoms. The minimum absolute atomic E-state index is 0.134. The molecule has 1 atom stereocenters. The molecular formula is C12H17ClFNO. The fraction of sp³-hybridized carbons (Fsp3) is 0.500. The van der Waals surface area contributed by atoms with Crippen LogP contribution in [0, 0.1) is 5.82 Å². The van der Waals surface area contributed by atoms with Gasteiger partial charge < -0.3 is 10.5 Å². The molecule has 0 aliphatic carbocycles. The fourth-order valence-corrected chi connectivity index (χ4v) is 1.74. The van der Waals surface area contributed by atoms with E-state index in [4.69, 9.17) is 22.1 Å². The van der Waals surface area contributed by atoms with Crippen molar-refractivity contribution in [2.75, 3.05) is 13.7 Å². The third-order valence-electron chi connectivity index (χ3n) is 2.68. The Morgan fingerprint density at radius 2 is 2.19 bits per heavy atom. The molecular weight excluding hydrogens is 229 g/mol. The number of ether oxygens (including phenoxy) is 1. The Bertz CT molecular complexity index is 359.